The Hall–Kier alpha value is -2.10. The molecule has 0 saturated carbocycles. The van der Waals surface area contributed by atoms with Crippen LogP contribution in [0.3, 0.4) is 0 Å². The van der Waals surface area contributed by atoms with Crippen LogP contribution in [-0.2, 0) is 6.18 Å². The van der Waals surface area contributed by atoms with Gasteiger partial charge in [-0.05, 0) is 42.7 Å². The smallest absolute Gasteiger partial charge is 0.295 e. The average Bonchev–Trinajstić information content (AvgIpc) is 2.38. The van der Waals surface area contributed by atoms with Gasteiger partial charge in [-0.15, -0.1) is 0 Å². The molecule has 0 N–H and O–H groups in total. The maximum absolute atomic E-state index is 13.1. The molecule has 0 aliphatic heterocycles. The summed E-state index contributed by atoms with van der Waals surface area (Å²) in [6.07, 6.45) is -4.42. The van der Waals surface area contributed by atoms with E-state index in [1.165, 1.54) is 25.1 Å². The number of benzene rings is 2. The molecule has 0 heterocycles. The predicted molar refractivity (Wildman–Crippen MR) is 71.6 cm³/mol. The second-order valence-corrected chi connectivity index (χ2v) is 4.63. The Bertz CT molecular complexity index is 657. The molecule has 2 aromatic carbocycles. The van der Waals surface area contributed by atoms with E-state index in [-0.39, 0.29) is 11.3 Å². The number of rotatable bonds is 2. The molecule has 20 heavy (non-hydrogen) atoms. The van der Waals surface area contributed by atoms with Crippen molar-refractivity contribution in [3.8, 4) is 11.1 Å². The summed E-state index contributed by atoms with van der Waals surface area (Å²) in [5.74, 6) is -0.171. The number of hydrogen-bond donors (Lipinski definition) is 0. The minimum absolute atomic E-state index is 0.0978. The third-order valence-electron chi connectivity index (χ3n) is 3.17. The minimum Gasteiger partial charge on any atom is -0.295 e. The summed E-state index contributed by atoms with van der Waals surface area (Å²) in [5.41, 5.74) is 0.948. The van der Waals surface area contributed by atoms with E-state index in [0.717, 1.165) is 6.07 Å². The molecule has 0 aliphatic rings. The summed E-state index contributed by atoms with van der Waals surface area (Å²) in [4.78, 5) is 11.4. The summed E-state index contributed by atoms with van der Waals surface area (Å²) < 4.78 is 39.2. The molecule has 0 fully saturated rings. The fourth-order valence-corrected chi connectivity index (χ4v) is 2.10. The van der Waals surface area contributed by atoms with Crippen LogP contribution in [0.1, 0.15) is 28.4 Å². The third kappa shape index (κ3) is 2.74. The zero-order valence-corrected chi connectivity index (χ0v) is 11.1. The Morgan fingerprint density at radius 1 is 1.00 bits per heavy atom. The van der Waals surface area contributed by atoms with Crippen molar-refractivity contribution in [1.82, 2.24) is 0 Å². The van der Waals surface area contributed by atoms with Crippen LogP contribution in [0, 0.1) is 6.92 Å². The SMILES string of the molecule is CC(=O)c1ccc(C)c(-c2ccccc2C(F)(F)F)c1. The number of aryl methyl sites for hydroxylation is 1. The quantitative estimate of drug-likeness (QED) is 0.715. The second kappa shape index (κ2) is 5.12. The minimum atomic E-state index is -4.42. The maximum atomic E-state index is 13.1. The van der Waals surface area contributed by atoms with E-state index >= 15 is 0 Å². The average molecular weight is 278 g/mol. The monoisotopic (exact) mass is 278 g/mol. The number of carbonyl (C=O) groups excluding carboxylic acids is 1. The Balaban J connectivity index is 2.69. The van der Waals surface area contributed by atoms with Gasteiger partial charge in [0.25, 0.3) is 0 Å². The van der Waals surface area contributed by atoms with Crippen LogP contribution >= 0.6 is 0 Å². The molecule has 0 atom stereocenters. The highest BCUT2D eigenvalue weighted by Crippen LogP contribution is 2.38. The zero-order chi connectivity index (χ0) is 14.9. The van der Waals surface area contributed by atoms with Crippen LogP contribution in [0.5, 0.6) is 0 Å². The standard InChI is InChI=1S/C16H13F3O/c1-10-7-8-12(11(2)20)9-14(10)13-5-3-4-6-15(13)16(17,18)19/h3-9H,1-2H3. The maximum Gasteiger partial charge on any atom is 0.417 e. The molecule has 0 saturated heterocycles. The Morgan fingerprint density at radius 3 is 2.25 bits per heavy atom. The first-order valence-electron chi connectivity index (χ1n) is 6.09. The van der Waals surface area contributed by atoms with Crippen LogP contribution in [0.2, 0.25) is 0 Å². The lowest BCUT2D eigenvalue weighted by molar-refractivity contribution is -0.137. The predicted octanol–water partition coefficient (Wildman–Crippen LogP) is 4.88. The topological polar surface area (TPSA) is 17.1 Å². The molecule has 4 heteroatoms. The van der Waals surface area contributed by atoms with Crippen LogP contribution < -0.4 is 0 Å². The summed E-state index contributed by atoms with van der Waals surface area (Å²) in [6, 6.07) is 10.2. The van der Waals surface area contributed by atoms with E-state index in [4.69, 9.17) is 0 Å². The van der Waals surface area contributed by atoms with Crippen molar-refractivity contribution in [3.05, 3.63) is 59.2 Å². The van der Waals surface area contributed by atoms with Gasteiger partial charge in [-0.1, -0.05) is 30.3 Å². The molecule has 1 nitrogen and oxygen atoms in total. The molecule has 2 aromatic rings. The first-order valence-corrected chi connectivity index (χ1v) is 6.09. The zero-order valence-electron chi connectivity index (χ0n) is 11.1. The fraction of sp³-hybridized carbons (Fsp3) is 0.188. The van der Waals surface area contributed by atoms with Crippen LogP contribution in [0.25, 0.3) is 11.1 Å². The lowest BCUT2D eigenvalue weighted by Gasteiger charge is -2.15. The largest absolute Gasteiger partial charge is 0.417 e. The fourth-order valence-electron chi connectivity index (χ4n) is 2.10. The van der Waals surface area contributed by atoms with Crippen molar-refractivity contribution in [2.45, 2.75) is 20.0 Å². The molecule has 0 unspecified atom stereocenters. The summed E-state index contributed by atoms with van der Waals surface area (Å²) >= 11 is 0. The highest BCUT2D eigenvalue weighted by atomic mass is 19.4. The molecule has 0 aromatic heterocycles. The molecular weight excluding hydrogens is 265 g/mol. The van der Waals surface area contributed by atoms with E-state index in [1.54, 1.807) is 25.1 Å². The number of carbonyl (C=O) groups is 1. The van der Waals surface area contributed by atoms with E-state index in [1.807, 2.05) is 0 Å². The Kier molecular flexibility index (Phi) is 3.66. The highest BCUT2D eigenvalue weighted by Gasteiger charge is 2.33. The van der Waals surface area contributed by atoms with Crippen molar-refractivity contribution in [3.63, 3.8) is 0 Å². The Morgan fingerprint density at radius 2 is 1.65 bits per heavy atom. The van der Waals surface area contributed by atoms with Crippen molar-refractivity contribution >= 4 is 5.78 Å². The lowest BCUT2D eigenvalue weighted by Crippen LogP contribution is -2.07. The number of ketones is 1. The molecule has 0 aliphatic carbocycles. The lowest BCUT2D eigenvalue weighted by atomic mass is 9.93. The van der Waals surface area contributed by atoms with Crippen molar-refractivity contribution in [1.29, 1.82) is 0 Å². The van der Waals surface area contributed by atoms with Gasteiger partial charge in [-0.3, -0.25) is 4.79 Å². The molecule has 0 radical (unpaired) electrons. The number of halogens is 3. The van der Waals surface area contributed by atoms with E-state index in [9.17, 15) is 18.0 Å². The summed E-state index contributed by atoms with van der Waals surface area (Å²) in [5, 5.41) is 0. The van der Waals surface area contributed by atoms with E-state index in [2.05, 4.69) is 0 Å². The van der Waals surface area contributed by atoms with Gasteiger partial charge in [0.1, 0.15) is 0 Å². The highest BCUT2D eigenvalue weighted by molar-refractivity contribution is 5.95. The van der Waals surface area contributed by atoms with E-state index < -0.39 is 11.7 Å². The number of hydrogen-bond acceptors (Lipinski definition) is 1. The Labute approximate surface area is 115 Å². The van der Waals surface area contributed by atoms with Crippen molar-refractivity contribution in [2.75, 3.05) is 0 Å². The molecular formula is C16H13F3O. The first kappa shape index (κ1) is 14.3. The van der Waals surface area contributed by atoms with Gasteiger partial charge >= 0.3 is 6.18 Å². The first-order chi connectivity index (χ1) is 9.30. The van der Waals surface area contributed by atoms with Gasteiger partial charge in [0.15, 0.2) is 5.78 Å². The van der Waals surface area contributed by atoms with Gasteiger partial charge in [0, 0.05) is 5.56 Å². The van der Waals surface area contributed by atoms with Gasteiger partial charge < -0.3 is 0 Å². The number of alkyl halides is 3. The second-order valence-electron chi connectivity index (χ2n) is 4.63. The molecule has 0 bridgehead atoms. The van der Waals surface area contributed by atoms with Crippen molar-refractivity contribution in [2.24, 2.45) is 0 Å². The van der Waals surface area contributed by atoms with Crippen LogP contribution in [-0.4, -0.2) is 5.78 Å². The van der Waals surface area contributed by atoms with Gasteiger partial charge in [-0.25, -0.2) is 0 Å². The normalized spacial score (nSPS) is 11.4. The summed E-state index contributed by atoms with van der Waals surface area (Å²) in [6.45, 7) is 3.12. The van der Waals surface area contributed by atoms with Crippen molar-refractivity contribution < 1.29 is 18.0 Å². The van der Waals surface area contributed by atoms with E-state index in [0.29, 0.717) is 16.7 Å². The molecule has 0 spiro atoms. The molecule has 2 rings (SSSR count). The van der Waals surface area contributed by atoms with Crippen LogP contribution in [0.4, 0.5) is 13.2 Å². The van der Waals surface area contributed by atoms with Gasteiger partial charge in [0.05, 0.1) is 5.56 Å². The molecule has 0 amide bonds. The molecule has 104 valence electrons. The van der Waals surface area contributed by atoms with Gasteiger partial charge in [0.2, 0.25) is 0 Å². The third-order valence-corrected chi connectivity index (χ3v) is 3.17. The number of Topliss-reactive ketones (excluding diaryl/α,β-unsaturated/α-hetero) is 1. The van der Waals surface area contributed by atoms with Crippen LogP contribution in [0.15, 0.2) is 42.5 Å². The van der Waals surface area contributed by atoms with Gasteiger partial charge in [-0.2, -0.15) is 13.2 Å². The summed E-state index contributed by atoms with van der Waals surface area (Å²) in [7, 11) is 0.